The highest BCUT2D eigenvalue weighted by Crippen LogP contribution is 1.89. The first kappa shape index (κ1) is 11.2. The summed E-state index contributed by atoms with van der Waals surface area (Å²) in [4.78, 5) is 0. The van der Waals surface area contributed by atoms with Crippen LogP contribution in [0.1, 0.15) is 13.3 Å². The number of hydrogen-bond acceptors (Lipinski definition) is 3. The zero-order valence-corrected chi connectivity index (χ0v) is 8.94. The SMILES string of the molecule is COC(C)CNCCCn1cccn1. The first-order valence-corrected chi connectivity index (χ1v) is 5.04. The van der Waals surface area contributed by atoms with Crippen molar-refractivity contribution >= 4 is 0 Å². The maximum absolute atomic E-state index is 5.12. The number of methoxy groups -OCH3 is 1. The highest BCUT2D eigenvalue weighted by molar-refractivity contribution is 4.77. The fourth-order valence-electron chi connectivity index (χ4n) is 1.19. The second kappa shape index (κ2) is 6.56. The third-order valence-corrected chi connectivity index (χ3v) is 2.13. The molecule has 0 fully saturated rings. The summed E-state index contributed by atoms with van der Waals surface area (Å²) in [6.07, 6.45) is 5.18. The molecular formula is C10H19N3O. The van der Waals surface area contributed by atoms with Gasteiger partial charge in [0.25, 0.3) is 0 Å². The lowest BCUT2D eigenvalue weighted by molar-refractivity contribution is 0.117. The molecule has 1 heterocycles. The molecule has 0 spiro atoms. The molecule has 0 radical (unpaired) electrons. The van der Waals surface area contributed by atoms with Crippen molar-refractivity contribution in [3.8, 4) is 0 Å². The van der Waals surface area contributed by atoms with E-state index in [0.717, 1.165) is 26.1 Å². The van der Waals surface area contributed by atoms with Gasteiger partial charge in [0.05, 0.1) is 6.10 Å². The molecule has 0 aliphatic carbocycles. The van der Waals surface area contributed by atoms with Gasteiger partial charge >= 0.3 is 0 Å². The second-order valence-electron chi connectivity index (χ2n) is 3.37. The first-order chi connectivity index (χ1) is 6.83. The average molecular weight is 197 g/mol. The van der Waals surface area contributed by atoms with Crippen molar-refractivity contribution in [3.63, 3.8) is 0 Å². The van der Waals surface area contributed by atoms with Gasteiger partial charge in [-0.05, 0) is 26.0 Å². The Morgan fingerprint density at radius 1 is 1.57 bits per heavy atom. The Hall–Kier alpha value is -0.870. The molecular weight excluding hydrogens is 178 g/mol. The van der Waals surface area contributed by atoms with Crippen LogP contribution in [0.15, 0.2) is 18.5 Å². The summed E-state index contributed by atoms with van der Waals surface area (Å²) in [6, 6.07) is 1.94. The number of rotatable bonds is 7. The van der Waals surface area contributed by atoms with Crippen molar-refractivity contribution in [2.24, 2.45) is 0 Å². The molecule has 1 atom stereocenters. The van der Waals surface area contributed by atoms with E-state index in [0.29, 0.717) is 6.10 Å². The molecule has 0 amide bonds. The predicted octanol–water partition coefficient (Wildman–Crippen LogP) is 0.898. The maximum atomic E-state index is 5.12. The van der Waals surface area contributed by atoms with Crippen LogP contribution in [0, 0.1) is 0 Å². The molecule has 1 unspecified atom stereocenters. The number of ether oxygens (including phenoxy) is 1. The van der Waals surface area contributed by atoms with Crippen LogP contribution in [-0.4, -0.2) is 36.1 Å². The number of aromatic nitrogens is 2. The summed E-state index contributed by atoms with van der Waals surface area (Å²) in [5.74, 6) is 0. The Bertz CT molecular complexity index is 223. The monoisotopic (exact) mass is 197 g/mol. The third-order valence-electron chi connectivity index (χ3n) is 2.13. The molecule has 1 rings (SSSR count). The van der Waals surface area contributed by atoms with Crippen LogP contribution in [0.3, 0.4) is 0 Å². The number of hydrogen-bond donors (Lipinski definition) is 1. The molecule has 0 aliphatic heterocycles. The third kappa shape index (κ3) is 4.39. The molecule has 1 N–H and O–H groups in total. The number of nitrogens with zero attached hydrogens (tertiary/aromatic N) is 2. The van der Waals surface area contributed by atoms with Crippen molar-refractivity contribution in [2.45, 2.75) is 26.0 Å². The molecule has 0 saturated carbocycles. The van der Waals surface area contributed by atoms with Gasteiger partial charge in [0.1, 0.15) is 0 Å². The van der Waals surface area contributed by atoms with E-state index in [1.807, 2.05) is 16.9 Å². The van der Waals surface area contributed by atoms with Gasteiger partial charge in [-0.2, -0.15) is 5.10 Å². The highest BCUT2D eigenvalue weighted by atomic mass is 16.5. The average Bonchev–Trinajstić information content (AvgIpc) is 2.69. The zero-order chi connectivity index (χ0) is 10.2. The lowest BCUT2D eigenvalue weighted by Gasteiger charge is -2.10. The van der Waals surface area contributed by atoms with E-state index >= 15 is 0 Å². The quantitative estimate of drug-likeness (QED) is 0.660. The minimum atomic E-state index is 0.291. The summed E-state index contributed by atoms with van der Waals surface area (Å²) >= 11 is 0. The van der Waals surface area contributed by atoms with Gasteiger partial charge < -0.3 is 10.1 Å². The summed E-state index contributed by atoms with van der Waals surface area (Å²) in [6.45, 7) is 4.95. The fourth-order valence-corrected chi connectivity index (χ4v) is 1.19. The van der Waals surface area contributed by atoms with E-state index in [1.54, 1.807) is 13.3 Å². The predicted molar refractivity (Wildman–Crippen MR) is 56.2 cm³/mol. The number of nitrogens with one attached hydrogen (secondary N) is 1. The van der Waals surface area contributed by atoms with Crippen molar-refractivity contribution in [1.82, 2.24) is 15.1 Å². The molecule has 4 nitrogen and oxygen atoms in total. The van der Waals surface area contributed by atoms with Gasteiger partial charge in [-0.1, -0.05) is 0 Å². The molecule has 0 aliphatic rings. The standard InChI is InChI=1S/C10H19N3O/c1-10(14-2)9-11-5-3-7-13-8-4-6-12-13/h4,6,8,10-11H,3,5,7,9H2,1-2H3. The van der Waals surface area contributed by atoms with Gasteiger partial charge in [0, 0.05) is 32.6 Å². The van der Waals surface area contributed by atoms with Crippen LogP contribution in [0.25, 0.3) is 0 Å². The van der Waals surface area contributed by atoms with E-state index in [2.05, 4.69) is 17.3 Å². The van der Waals surface area contributed by atoms with Gasteiger partial charge in [-0.25, -0.2) is 0 Å². The molecule has 0 saturated heterocycles. The van der Waals surface area contributed by atoms with Gasteiger partial charge in [-0.15, -0.1) is 0 Å². The van der Waals surface area contributed by atoms with Crippen LogP contribution in [0.2, 0.25) is 0 Å². The molecule has 1 aromatic rings. The van der Waals surface area contributed by atoms with Gasteiger partial charge in [0.15, 0.2) is 0 Å². The number of aryl methyl sites for hydroxylation is 1. The lowest BCUT2D eigenvalue weighted by Crippen LogP contribution is -2.27. The van der Waals surface area contributed by atoms with Crippen LogP contribution in [0.4, 0.5) is 0 Å². The molecule has 4 heteroatoms. The van der Waals surface area contributed by atoms with Crippen LogP contribution >= 0.6 is 0 Å². The van der Waals surface area contributed by atoms with E-state index in [4.69, 9.17) is 4.74 Å². The Balaban J connectivity index is 1.95. The van der Waals surface area contributed by atoms with E-state index in [-0.39, 0.29) is 0 Å². The minimum absolute atomic E-state index is 0.291. The molecule has 0 aromatic carbocycles. The van der Waals surface area contributed by atoms with Crippen molar-refractivity contribution in [3.05, 3.63) is 18.5 Å². The summed E-state index contributed by atoms with van der Waals surface area (Å²) in [7, 11) is 1.73. The Kier molecular flexibility index (Phi) is 5.25. The molecule has 1 aromatic heterocycles. The normalized spacial score (nSPS) is 13.0. The van der Waals surface area contributed by atoms with Gasteiger partial charge in [0.2, 0.25) is 0 Å². The van der Waals surface area contributed by atoms with Crippen LogP contribution in [0.5, 0.6) is 0 Å². The Morgan fingerprint density at radius 3 is 3.07 bits per heavy atom. The molecule has 0 bridgehead atoms. The fraction of sp³-hybridized carbons (Fsp3) is 0.700. The van der Waals surface area contributed by atoms with Crippen molar-refractivity contribution in [1.29, 1.82) is 0 Å². The molecule has 14 heavy (non-hydrogen) atoms. The highest BCUT2D eigenvalue weighted by Gasteiger charge is 1.97. The van der Waals surface area contributed by atoms with E-state index < -0.39 is 0 Å². The summed E-state index contributed by atoms with van der Waals surface area (Å²) in [5, 5.41) is 7.46. The van der Waals surface area contributed by atoms with Gasteiger partial charge in [-0.3, -0.25) is 4.68 Å². The molecule has 80 valence electrons. The first-order valence-electron chi connectivity index (χ1n) is 5.04. The topological polar surface area (TPSA) is 39.1 Å². The van der Waals surface area contributed by atoms with E-state index in [9.17, 15) is 0 Å². The maximum Gasteiger partial charge on any atom is 0.0667 e. The minimum Gasteiger partial charge on any atom is -0.380 e. The smallest absolute Gasteiger partial charge is 0.0667 e. The van der Waals surface area contributed by atoms with Crippen molar-refractivity contribution < 1.29 is 4.74 Å². The van der Waals surface area contributed by atoms with Crippen LogP contribution in [-0.2, 0) is 11.3 Å². The Morgan fingerprint density at radius 2 is 2.43 bits per heavy atom. The van der Waals surface area contributed by atoms with Crippen molar-refractivity contribution in [2.75, 3.05) is 20.2 Å². The lowest BCUT2D eigenvalue weighted by atomic mass is 10.3. The second-order valence-corrected chi connectivity index (χ2v) is 3.37. The van der Waals surface area contributed by atoms with Crippen LogP contribution < -0.4 is 5.32 Å². The summed E-state index contributed by atoms with van der Waals surface area (Å²) in [5.41, 5.74) is 0. The van der Waals surface area contributed by atoms with E-state index in [1.165, 1.54) is 0 Å². The largest absolute Gasteiger partial charge is 0.380 e. The summed E-state index contributed by atoms with van der Waals surface area (Å²) < 4.78 is 7.07. The zero-order valence-electron chi connectivity index (χ0n) is 8.94. The Labute approximate surface area is 85.3 Å².